The molecule has 1 saturated heterocycles. The van der Waals surface area contributed by atoms with Gasteiger partial charge in [-0.3, -0.25) is 4.57 Å². The van der Waals surface area contributed by atoms with E-state index in [9.17, 15) is 15.0 Å². The largest absolute Gasteiger partial charge is 0.394 e. The zero-order chi connectivity index (χ0) is 15.3. The molecule has 2 aromatic rings. The minimum Gasteiger partial charge on any atom is -0.394 e. The smallest absolute Gasteiger partial charge is 0.351 e. The second-order valence-corrected chi connectivity index (χ2v) is 4.92. The molecule has 1 aliphatic heterocycles. The number of hydrogen-bond acceptors (Lipinski definition) is 8. The van der Waals surface area contributed by atoms with E-state index >= 15 is 0 Å². The predicted octanol–water partition coefficient (Wildman–Crippen LogP) is -2.61. The summed E-state index contributed by atoms with van der Waals surface area (Å²) in [5.74, 6) is 0.327. The number of nitrogens with two attached hydrogens (primary N) is 1. The first-order valence-corrected chi connectivity index (χ1v) is 6.28. The standard InChI is InChI=1S/C11H15N5O5/c1-16-8(12)4-9(15-11(16)20)14-10(13-4)7-6(19)5(18)3(2-17)21-7/h3,5-7,17-19H,2,12H2,1H3,(H,13,14,15,20)/t3-,5-,6-,7-/m1/s1. The molecule has 2 aromatic heterocycles. The van der Waals surface area contributed by atoms with Gasteiger partial charge in [0, 0.05) is 7.05 Å². The van der Waals surface area contributed by atoms with E-state index in [-0.39, 0.29) is 17.3 Å². The van der Waals surface area contributed by atoms with Gasteiger partial charge in [-0.1, -0.05) is 0 Å². The summed E-state index contributed by atoms with van der Waals surface area (Å²) in [6.45, 7) is -0.436. The first-order valence-electron chi connectivity index (χ1n) is 6.28. The molecule has 0 aliphatic carbocycles. The minimum atomic E-state index is -1.26. The Bertz CT molecular complexity index is 740. The number of nitrogens with one attached hydrogen (secondary N) is 1. The Kier molecular flexibility index (Phi) is 3.17. The summed E-state index contributed by atoms with van der Waals surface area (Å²) >= 11 is 0. The van der Waals surface area contributed by atoms with Gasteiger partial charge >= 0.3 is 5.69 Å². The third kappa shape index (κ3) is 2.00. The Labute approximate surface area is 117 Å². The van der Waals surface area contributed by atoms with E-state index in [1.807, 2.05) is 0 Å². The molecular weight excluding hydrogens is 282 g/mol. The van der Waals surface area contributed by atoms with E-state index in [1.165, 1.54) is 7.05 Å². The Hall–Kier alpha value is -2.01. The molecule has 1 fully saturated rings. The van der Waals surface area contributed by atoms with Crippen molar-refractivity contribution in [3.8, 4) is 0 Å². The zero-order valence-corrected chi connectivity index (χ0v) is 11.1. The van der Waals surface area contributed by atoms with Crippen molar-refractivity contribution >= 4 is 17.0 Å². The van der Waals surface area contributed by atoms with Crippen molar-refractivity contribution in [3.63, 3.8) is 0 Å². The molecule has 0 bridgehead atoms. The van der Waals surface area contributed by atoms with Crippen LogP contribution >= 0.6 is 0 Å². The Morgan fingerprint density at radius 3 is 2.71 bits per heavy atom. The normalized spacial score (nSPS) is 29.3. The second kappa shape index (κ2) is 4.77. The van der Waals surface area contributed by atoms with Crippen molar-refractivity contribution in [2.75, 3.05) is 12.3 Å². The molecule has 1 aliphatic rings. The first kappa shape index (κ1) is 13.9. The van der Waals surface area contributed by atoms with Gasteiger partial charge in [-0.05, 0) is 0 Å². The van der Waals surface area contributed by atoms with Gasteiger partial charge in [0.25, 0.3) is 0 Å². The van der Waals surface area contributed by atoms with Gasteiger partial charge in [0.15, 0.2) is 5.65 Å². The quantitative estimate of drug-likeness (QED) is 0.403. The molecule has 3 heterocycles. The zero-order valence-electron chi connectivity index (χ0n) is 11.1. The number of nitrogen functional groups attached to an aromatic ring is 1. The molecule has 10 heteroatoms. The number of aliphatic hydroxyl groups excluding tert-OH is 3. The predicted molar refractivity (Wildman–Crippen MR) is 70.3 cm³/mol. The summed E-state index contributed by atoms with van der Waals surface area (Å²) < 4.78 is 6.51. The van der Waals surface area contributed by atoms with Crippen LogP contribution in [0.5, 0.6) is 0 Å². The number of imidazole rings is 1. The highest BCUT2D eigenvalue weighted by atomic mass is 16.6. The van der Waals surface area contributed by atoms with Crippen molar-refractivity contribution in [2.45, 2.75) is 24.4 Å². The third-order valence-electron chi connectivity index (χ3n) is 3.62. The molecule has 3 rings (SSSR count). The van der Waals surface area contributed by atoms with Crippen molar-refractivity contribution in [1.82, 2.24) is 19.5 Å². The molecule has 0 saturated carbocycles. The van der Waals surface area contributed by atoms with Gasteiger partial charge in [0.05, 0.1) is 6.61 Å². The number of aromatic nitrogens is 4. The van der Waals surface area contributed by atoms with E-state index in [2.05, 4.69) is 15.0 Å². The van der Waals surface area contributed by atoms with Crippen LogP contribution in [-0.4, -0.2) is 59.8 Å². The summed E-state index contributed by atoms with van der Waals surface area (Å²) in [7, 11) is 1.47. The molecule has 6 N–H and O–H groups in total. The fourth-order valence-electron chi connectivity index (χ4n) is 2.34. The van der Waals surface area contributed by atoms with Crippen LogP contribution in [0, 0.1) is 0 Å². The summed E-state index contributed by atoms with van der Waals surface area (Å²) in [5.41, 5.74) is 5.69. The van der Waals surface area contributed by atoms with Crippen LogP contribution in [0.25, 0.3) is 11.2 Å². The molecule has 21 heavy (non-hydrogen) atoms. The number of anilines is 1. The second-order valence-electron chi connectivity index (χ2n) is 4.92. The van der Waals surface area contributed by atoms with Gasteiger partial charge in [-0.2, -0.15) is 4.98 Å². The lowest BCUT2D eigenvalue weighted by Gasteiger charge is -2.11. The summed E-state index contributed by atoms with van der Waals surface area (Å²) in [6, 6.07) is 0. The molecule has 0 spiro atoms. The van der Waals surface area contributed by atoms with Crippen LogP contribution in [0.2, 0.25) is 0 Å². The minimum absolute atomic E-state index is 0.100. The van der Waals surface area contributed by atoms with Gasteiger partial charge in [0.1, 0.15) is 41.6 Å². The molecular formula is C11H15N5O5. The SMILES string of the molecule is Cn1c(N)c2[nH]c([C@@H]3O[C@H](CO)[C@@H](O)[C@H]3O)nc2nc1=O. The van der Waals surface area contributed by atoms with Crippen LogP contribution in [0.4, 0.5) is 5.82 Å². The summed E-state index contributed by atoms with van der Waals surface area (Å²) in [6.07, 6.45) is -4.37. The van der Waals surface area contributed by atoms with E-state index in [4.69, 9.17) is 15.6 Å². The van der Waals surface area contributed by atoms with Gasteiger partial charge in [0.2, 0.25) is 0 Å². The fourth-order valence-corrected chi connectivity index (χ4v) is 2.34. The fraction of sp³-hybridized carbons (Fsp3) is 0.545. The van der Waals surface area contributed by atoms with Crippen LogP contribution < -0.4 is 11.4 Å². The van der Waals surface area contributed by atoms with Crippen molar-refractivity contribution < 1.29 is 20.1 Å². The lowest BCUT2D eigenvalue weighted by molar-refractivity contribution is -0.0249. The number of ether oxygens (including phenoxy) is 1. The van der Waals surface area contributed by atoms with Crippen LogP contribution in [0.15, 0.2) is 4.79 Å². The van der Waals surface area contributed by atoms with Crippen molar-refractivity contribution in [2.24, 2.45) is 7.05 Å². The van der Waals surface area contributed by atoms with Crippen LogP contribution in [0.3, 0.4) is 0 Å². The third-order valence-corrected chi connectivity index (χ3v) is 3.62. The van der Waals surface area contributed by atoms with Crippen molar-refractivity contribution in [1.29, 1.82) is 0 Å². The van der Waals surface area contributed by atoms with E-state index < -0.39 is 36.7 Å². The lowest BCUT2D eigenvalue weighted by atomic mass is 10.1. The van der Waals surface area contributed by atoms with Crippen molar-refractivity contribution in [3.05, 3.63) is 16.3 Å². The van der Waals surface area contributed by atoms with E-state index in [0.717, 1.165) is 4.57 Å². The van der Waals surface area contributed by atoms with Crippen LogP contribution in [0.1, 0.15) is 11.9 Å². The number of nitrogens with zero attached hydrogens (tertiary/aromatic N) is 3. The maximum absolute atomic E-state index is 11.6. The van der Waals surface area contributed by atoms with Gasteiger partial charge in [-0.15, -0.1) is 0 Å². The average molecular weight is 297 g/mol. The van der Waals surface area contributed by atoms with E-state index in [0.29, 0.717) is 5.52 Å². The molecule has 10 nitrogen and oxygen atoms in total. The maximum Gasteiger partial charge on any atom is 0.351 e. The number of aliphatic hydroxyl groups is 3. The molecule has 0 unspecified atom stereocenters. The molecule has 4 atom stereocenters. The molecule has 114 valence electrons. The van der Waals surface area contributed by atoms with Crippen LogP contribution in [-0.2, 0) is 11.8 Å². The topological polar surface area (TPSA) is 160 Å². The number of aromatic amines is 1. The Morgan fingerprint density at radius 1 is 1.38 bits per heavy atom. The number of fused-ring (bicyclic) bond motifs is 1. The number of H-pyrrole nitrogens is 1. The highest BCUT2D eigenvalue weighted by Crippen LogP contribution is 2.33. The first-order chi connectivity index (χ1) is 9.93. The summed E-state index contributed by atoms with van der Waals surface area (Å²) in [4.78, 5) is 22.2. The molecule has 0 aromatic carbocycles. The Balaban J connectivity index is 2.06. The lowest BCUT2D eigenvalue weighted by Crippen LogP contribution is -2.32. The van der Waals surface area contributed by atoms with E-state index in [1.54, 1.807) is 0 Å². The highest BCUT2D eigenvalue weighted by Gasteiger charge is 2.44. The average Bonchev–Trinajstić information content (AvgIpc) is 2.99. The molecule has 0 amide bonds. The summed E-state index contributed by atoms with van der Waals surface area (Å²) in [5, 5.41) is 28.8. The molecule has 0 radical (unpaired) electrons. The highest BCUT2D eigenvalue weighted by molar-refractivity contribution is 5.81. The maximum atomic E-state index is 11.6. The number of rotatable bonds is 2. The Morgan fingerprint density at radius 2 is 2.10 bits per heavy atom. The number of hydrogen-bond donors (Lipinski definition) is 5. The monoisotopic (exact) mass is 297 g/mol. The van der Waals surface area contributed by atoms with Gasteiger partial charge in [-0.25, -0.2) is 9.78 Å². The van der Waals surface area contributed by atoms with Gasteiger partial charge < -0.3 is 30.8 Å².